The second-order valence-electron chi connectivity index (χ2n) is 31.2. The van der Waals surface area contributed by atoms with Crippen LogP contribution in [0, 0.1) is 0 Å². The molecule has 0 bridgehead atoms. The zero-order valence-corrected chi connectivity index (χ0v) is 56.0. The Morgan fingerprint density at radius 3 is 1.07 bits per heavy atom. The summed E-state index contributed by atoms with van der Waals surface area (Å²) in [4.78, 5) is 4.90. The number of benzene rings is 10. The van der Waals surface area contributed by atoms with Crippen molar-refractivity contribution in [2.45, 2.75) is 163 Å². The van der Waals surface area contributed by atoms with Gasteiger partial charge >= 0.3 is 0 Å². The van der Waals surface area contributed by atoms with E-state index < -0.39 is 5.41 Å². The maximum absolute atomic E-state index is 7.41. The van der Waals surface area contributed by atoms with Gasteiger partial charge in [0.1, 0.15) is 17.1 Å². The van der Waals surface area contributed by atoms with Gasteiger partial charge in [0.05, 0.1) is 11.1 Å². The predicted molar refractivity (Wildman–Crippen MR) is 379 cm³/mol. The molecule has 1 aliphatic rings. The molecule has 0 fully saturated rings. The van der Waals surface area contributed by atoms with Crippen LogP contribution in [0.2, 0.25) is 0 Å². The van der Waals surface area contributed by atoms with E-state index >= 15 is 0 Å². The lowest BCUT2D eigenvalue weighted by Gasteiger charge is -2.36. The molecule has 0 saturated heterocycles. The molecule has 4 heteroatoms. The first kappa shape index (κ1) is 60.7. The molecule has 89 heavy (non-hydrogen) atoms. The molecule has 11 aromatic rings. The predicted octanol–water partition coefficient (Wildman–Crippen LogP) is 24.5. The van der Waals surface area contributed by atoms with Crippen molar-refractivity contribution >= 4 is 56.1 Å². The first-order valence-corrected chi connectivity index (χ1v) is 32.1. The van der Waals surface area contributed by atoms with Crippen LogP contribution >= 0.6 is 0 Å². The standard InChI is InChI=1S/C85H90N2O2/c1-79(2,3)55-23-25-61(26-24-55)85(62-37-50-69(51-38-62)88-68-48-35-60(36-49-68)84(16,17)18)72-53-67(86(63-39-27-56(28-40-63)80(4,5)6)64-41-29-57(30-42-64)81(7,8)9)47-52-70(72)76-73(85)54-74(78-77(76)71-21-19-20-22-75(71)89-78)87(65-43-31-58(32-44-65)82(10,11)12)66-45-33-59(34-46-66)83(13,14)15/h19-54H,1-18H3. The van der Waals surface area contributed by atoms with Crippen LogP contribution in [0.15, 0.2) is 223 Å². The molecular weight excluding hydrogens is 1080 g/mol. The number of rotatable bonds is 10. The largest absolute Gasteiger partial charge is 0.457 e. The van der Waals surface area contributed by atoms with E-state index in [9.17, 15) is 0 Å². The van der Waals surface area contributed by atoms with Crippen LogP contribution in [-0.2, 0) is 37.9 Å². The fourth-order valence-electron chi connectivity index (χ4n) is 13.2. The van der Waals surface area contributed by atoms with Crippen molar-refractivity contribution < 1.29 is 9.15 Å². The van der Waals surface area contributed by atoms with Crippen molar-refractivity contribution in [1.82, 2.24) is 0 Å². The minimum absolute atomic E-state index is 0.0144. The van der Waals surface area contributed by atoms with Gasteiger partial charge in [0.2, 0.25) is 0 Å². The zero-order chi connectivity index (χ0) is 63.4. The smallest absolute Gasteiger partial charge is 0.160 e. The van der Waals surface area contributed by atoms with Crippen LogP contribution in [0.4, 0.5) is 34.1 Å². The summed E-state index contributed by atoms with van der Waals surface area (Å²) in [6.45, 7) is 41.1. The molecule has 0 radical (unpaired) electrons. The zero-order valence-electron chi connectivity index (χ0n) is 56.0. The molecule has 1 aliphatic carbocycles. The van der Waals surface area contributed by atoms with E-state index in [1.165, 1.54) is 50.1 Å². The van der Waals surface area contributed by atoms with Crippen molar-refractivity contribution in [3.05, 3.63) is 274 Å². The monoisotopic (exact) mass is 1170 g/mol. The summed E-state index contributed by atoms with van der Waals surface area (Å²) in [7, 11) is 0. The van der Waals surface area contributed by atoms with Gasteiger partial charge in [0.15, 0.2) is 5.58 Å². The van der Waals surface area contributed by atoms with E-state index in [1.54, 1.807) is 0 Å². The highest BCUT2D eigenvalue weighted by atomic mass is 16.5. The molecule has 1 unspecified atom stereocenters. The molecular formula is C85H90N2O2. The highest BCUT2D eigenvalue weighted by Gasteiger charge is 2.49. The highest BCUT2D eigenvalue weighted by Crippen LogP contribution is 2.62. The van der Waals surface area contributed by atoms with Crippen LogP contribution in [0.25, 0.3) is 33.1 Å². The Balaban J connectivity index is 1.20. The Hall–Kier alpha value is -8.60. The Kier molecular flexibility index (Phi) is 14.9. The number of furan rings is 1. The van der Waals surface area contributed by atoms with Gasteiger partial charge in [-0.05, 0) is 196 Å². The summed E-state index contributed by atoms with van der Waals surface area (Å²) in [5.74, 6) is 1.57. The Morgan fingerprint density at radius 1 is 0.326 bits per heavy atom. The fraction of sp³-hybridized carbons (Fsp3) is 0.294. The molecule has 0 spiro atoms. The van der Waals surface area contributed by atoms with Crippen molar-refractivity contribution in [2.24, 2.45) is 0 Å². The molecule has 0 amide bonds. The second-order valence-corrected chi connectivity index (χ2v) is 31.2. The molecule has 4 nitrogen and oxygen atoms in total. The van der Waals surface area contributed by atoms with Gasteiger partial charge in [0.25, 0.3) is 0 Å². The normalized spacial score (nSPS) is 14.7. The van der Waals surface area contributed by atoms with Crippen LogP contribution in [0.3, 0.4) is 0 Å². The summed E-state index contributed by atoms with van der Waals surface area (Å²) < 4.78 is 14.2. The number of hydrogen-bond donors (Lipinski definition) is 0. The van der Waals surface area contributed by atoms with Gasteiger partial charge in [-0.25, -0.2) is 0 Å². The van der Waals surface area contributed by atoms with Crippen LogP contribution in [0.5, 0.6) is 11.5 Å². The lowest BCUT2D eigenvalue weighted by molar-refractivity contribution is 0.481. The van der Waals surface area contributed by atoms with Gasteiger partial charge in [-0.2, -0.15) is 0 Å². The third kappa shape index (κ3) is 11.3. The minimum atomic E-state index is -0.902. The average molecular weight is 1170 g/mol. The van der Waals surface area contributed by atoms with Crippen molar-refractivity contribution in [1.29, 1.82) is 0 Å². The number of para-hydroxylation sites is 1. The van der Waals surface area contributed by atoms with E-state index in [-0.39, 0.29) is 32.5 Å². The summed E-state index contributed by atoms with van der Waals surface area (Å²) in [6.07, 6.45) is 0. The SMILES string of the molecule is CC(C)(C)c1ccc(Oc2ccc(C3(c4ccc(C(C)(C)C)cc4)c4cc(N(c5ccc(C(C)(C)C)cc5)c5ccc(C(C)(C)C)cc5)ccc4-c4c3cc(N(c3ccc(C(C)(C)C)cc3)c3ccc(C(C)(C)C)cc3)c3oc5ccccc5c43)cc2)cc1. The third-order valence-corrected chi connectivity index (χ3v) is 18.6. The number of anilines is 6. The Labute approximate surface area is 531 Å². The first-order chi connectivity index (χ1) is 41.9. The first-order valence-electron chi connectivity index (χ1n) is 32.1. The van der Waals surface area contributed by atoms with Crippen molar-refractivity contribution in [3.8, 4) is 22.6 Å². The van der Waals surface area contributed by atoms with Gasteiger partial charge in [-0.1, -0.05) is 246 Å². The maximum atomic E-state index is 7.41. The quantitative estimate of drug-likeness (QED) is 0.136. The molecule has 0 N–H and O–H groups in total. The molecule has 0 saturated carbocycles. The lowest BCUT2D eigenvalue weighted by atomic mass is 9.67. The van der Waals surface area contributed by atoms with Gasteiger partial charge in [0, 0.05) is 39.2 Å². The summed E-state index contributed by atoms with van der Waals surface area (Å²) >= 11 is 0. The van der Waals surface area contributed by atoms with Gasteiger partial charge in [-0.3, -0.25) is 0 Å². The number of ether oxygens (including phenoxy) is 1. The Morgan fingerprint density at radius 2 is 0.663 bits per heavy atom. The molecule has 12 rings (SSSR count). The van der Waals surface area contributed by atoms with E-state index in [1.807, 2.05) is 0 Å². The van der Waals surface area contributed by atoms with Gasteiger partial charge < -0.3 is 19.0 Å². The molecule has 1 atom stereocenters. The van der Waals surface area contributed by atoms with Crippen LogP contribution in [0.1, 0.15) is 180 Å². The highest BCUT2D eigenvalue weighted by molar-refractivity contribution is 6.20. The van der Waals surface area contributed by atoms with Gasteiger partial charge in [-0.15, -0.1) is 0 Å². The number of fused-ring (bicyclic) bond motifs is 7. The van der Waals surface area contributed by atoms with Crippen molar-refractivity contribution in [2.75, 3.05) is 9.80 Å². The molecule has 1 heterocycles. The molecule has 10 aromatic carbocycles. The minimum Gasteiger partial charge on any atom is -0.457 e. The lowest BCUT2D eigenvalue weighted by Crippen LogP contribution is -2.29. The Bertz CT molecular complexity index is 4250. The maximum Gasteiger partial charge on any atom is 0.160 e. The topological polar surface area (TPSA) is 28.9 Å². The number of nitrogens with zero attached hydrogens (tertiary/aromatic N) is 2. The van der Waals surface area contributed by atoms with E-state index in [0.29, 0.717) is 0 Å². The van der Waals surface area contributed by atoms with E-state index in [0.717, 1.165) is 84.3 Å². The third-order valence-electron chi connectivity index (χ3n) is 18.6. The van der Waals surface area contributed by atoms with Crippen molar-refractivity contribution in [3.63, 3.8) is 0 Å². The van der Waals surface area contributed by atoms with E-state index in [4.69, 9.17) is 9.15 Å². The molecule has 0 aliphatic heterocycles. The van der Waals surface area contributed by atoms with Crippen LogP contribution < -0.4 is 14.5 Å². The molecule has 1 aromatic heterocycles. The summed E-state index contributed by atoms with van der Waals surface area (Å²) in [6, 6.07) is 82.3. The number of hydrogen-bond acceptors (Lipinski definition) is 4. The fourth-order valence-corrected chi connectivity index (χ4v) is 13.2. The van der Waals surface area contributed by atoms with Crippen LogP contribution in [-0.4, -0.2) is 0 Å². The molecule has 452 valence electrons. The average Bonchev–Trinajstić information content (AvgIpc) is 1.54. The summed E-state index contributed by atoms with van der Waals surface area (Å²) in [5.41, 5.74) is 21.5. The summed E-state index contributed by atoms with van der Waals surface area (Å²) in [5, 5.41) is 2.16. The van der Waals surface area contributed by atoms with E-state index in [2.05, 4.69) is 353 Å². The second kappa shape index (κ2) is 21.9.